The molecule has 13 heavy (non-hydrogen) atoms. The van der Waals surface area contributed by atoms with Gasteiger partial charge in [-0.3, -0.25) is 9.36 Å². The van der Waals surface area contributed by atoms with Gasteiger partial charge in [0.15, 0.2) is 0 Å². The lowest BCUT2D eigenvalue weighted by Gasteiger charge is -2.12. The minimum Gasteiger partial charge on any atom is -0.291 e. The Morgan fingerprint density at radius 1 is 1.38 bits per heavy atom. The van der Waals surface area contributed by atoms with Crippen LogP contribution in [0.25, 0.3) is 0 Å². The van der Waals surface area contributed by atoms with Crippen molar-refractivity contribution in [2.75, 3.05) is 0 Å². The summed E-state index contributed by atoms with van der Waals surface area (Å²) in [6.45, 7) is 4.32. The van der Waals surface area contributed by atoms with Crippen molar-refractivity contribution in [2.45, 2.75) is 39.0 Å². The Labute approximate surface area is 78.6 Å². The van der Waals surface area contributed by atoms with Crippen LogP contribution in [0.15, 0.2) is 12.3 Å². The zero-order valence-electron chi connectivity index (χ0n) is 8.21. The molecule has 1 aromatic heterocycles. The number of aryl methyl sites for hydroxylation is 1. The molecule has 2 rings (SSSR count). The Hall–Kier alpha value is -1.05. The van der Waals surface area contributed by atoms with Crippen molar-refractivity contribution in [3.8, 4) is 0 Å². The van der Waals surface area contributed by atoms with E-state index in [1.54, 1.807) is 0 Å². The molecule has 0 amide bonds. The standard InChI is InChI=1S/C11H15NO/c1-8(2)9-6-10-4-3-5-11(13)12(10)7-9/h6-8H,3-5H2,1-2H3. The van der Waals surface area contributed by atoms with E-state index in [9.17, 15) is 4.79 Å². The number of hydrogen-bond acceptors (Lipinski definition) is 1. The van der Waals surface area contributed by atoms with Gasteiger partial charge >= 0.3 is 0 Å². The van der Waals surface area contributed by atoms with Crippen molar-refractivity contribution in [1.82, 2.24) is 4.57 Å². The monoisotopic (exact) mass is 177 g/mol. The fraction of sp³-hybridized carbons (Fsp3) is 0.545. The van der Waals surface area contributed by atoms with E-state index in [0.29, 0.717) is 12.3 Å². The van der Waals surface area contributed by atoms with E-state index in [1.165, 1.54) is 11.3 Å². The largest absolute Gasteiger partial charge is 0.291 e. The number of carbonyl (C=O) groups is 1. The maximum atomic E-state index is 11.5. The van der Waals surface area contributed by atoms with Crippen LogP contribution in [0.1, 0.15) is 48.7 Å². The van der Waals surface area contributed by atoms with Crippen molar-refractivity contribution in [3.05, 3.63) is 23.5 Å². The molecule has 1 aliphatic heterocycles. The average Bonchev–Trinajstić information content (AvgIpc) is 2.49. The molecule has 0 spiro atoms. The molecule has 0 bridgehead atoms. The van der Waals surface area contributed by atoms with Crippen LogP contribution in [-0.4, -0.2) is 10.5 Å². The number of aromatic nitrogens is 1. The van der Waals surface area contributed by atoms with Crippen LogP contribution < -0.4 is 0 Å². The predicted molar refractivity (Wildman–Crippen MR) is 52.1 cm³/mol. The van der Waals surface area contributed by atoms with Gasteiger partial charge in [-0.1, -0.05) is 13.8 Å². The number of hydrogen-bond donors (Lipinski definition) is 0. The molecular formula is C11H15NO. The quantitative estimate of drug-likeness (QED) is 0.646. The van der Waals surface area contributed by atoms with Crippen molar-refractivity contribution in [2.24, 2.45) is 0 Å². The van der Waals surface area contributed by atoms with E-state index in [0.717, 1.165) is 12.8 Å². The summed E-state index contributed by atoms with van der Waals surface area (Å²) in [6.07, 6.45) is 4.78. The average molecular weight is 177 g/mol. The molecule has 1 aromatic rings. The molecule has 0 saturated heterocycles. The van der Waals surface area contributed by atoms with Crippen molar-refractivity contribution in [3.63, 3.8) is 0 Å². The third kappa shape index (κ3) is 1.41. The van der Waals surface area contributed by atoms with Gasteiger partial charge in [0.05, 0.1) is 0 Å². The lowest BCUT2D eigenvalue weighted by Crippen LogP contribution is -2.17. The maximum absolute atomic E-state index is 11.5. The molecule has 0 aromatic carbocycles. The van der Waals surface area contributed by atoms with Gasteiger partial charge < -0.3 is 0 Å². The minimum absolute atomic E-state index is 0.258. The van der Waals surface area contributed by atoms with E-state index in [4.69, 9.17) is 0 Å². The molecule has 0 unspecified atom stereocenters. The normalized spacial score (nSPS) is 16.4. The van der Waals surface area contributed by atoms with Crippen LogP contribution in [0, 0.1) is 0 Å². The first kappa shape index (κ1) is 8.54. The predicted octanol–water partition coefficient (Wildman–Crippen LogP) is 2.59. The molecule has 2 heterocycles. The summed E-state index contributed by atoms with van der Waals surface area (Å²) in [5.41, 5.74) is 2.48. The summed E-state index contributed by atoms with van der Waals surface area (Å²) >= 11 is 0. The molecule has 0 saturated carbocycles. The molecule has 0 fully saturated rings. The zero-order valence-corrected chi connectivity index (χ0v) is 8.21. The van der Waals surface area contributed by atoms with E-state index in [-0.39, 0.29) is 5.91 Å². The van der Waals surface area contributed by atoms with Gasteiger partial charge in [-0.2, -0.15) is 0 Å². The van der Waals surface area contributed by atoms with Gasteiger partial charge in [-0.25, -0.2) is 0 Å². The molecule has 0 atom stereocenters. The van der Waals surface area contributed by atoms with Crippen LogP contribution in [0.4, 0.5) is 0 Å². The highest BCUT2D eigenvalue weighted by Crippen LogP contribution is 2.22. The SMILES string of the molecule is CC(C)c1cc2n(c1)C(=O)CCC2. The fourth-order valence-corrected chi connectivity index (χ4v) is 1.81. The van der Waals surface area contributed by atoms with E-state index in [2.05, 4.69) is 19.9 Å². The third-order valence-electron chi connectivity index (χ3n) is 2.68. The molecule has 1 aliphatic rings. The van der Waals surface area contributed by atoms with Gasteiger partial charge in [-0.05, 0) is 30.4 Å². The summed E-state index contributed by atoms with van der Waals surface area (Å²) in [5.74, 6) is 0.777. The number of carbonyl (C=O) groups excluding carboxylic acids is 1. The smallest absolute Gasteiger partial charge is 0.230 e. The number of fused-ring (bicyclic) bond motifs is 1. The van der Waals surface area contributed by atoms with Gasteiger partial charge in [-0.15, -0.1) is 0 Å². The van der Waals surface area contributed by atoms with Gasteiger partial charge in [0.1, 0.15) is 0 Å². The molecule has 0 radical (unpaired) electrons. The van der Waals surface area contributed by atoms with E-state index >= 15 is 0 Å². The summed E-state index contributed by atoms with van der Waals surface area (Å²) < 4.78 is 1.83. The summed E-state index contributed by atoms with van der Waals surface area (Å²) in [6, 6.07) is 2.17. The summed E-state index contributed by atoms with van der Waals surface area (Å²) in [4.78, 5) is 11.5. The highest BCUT2D eigenvalue weighted by atomic mass is 16.2. The Bertz CT molecular complexity index is 336. The van der Waals surface area contributed by atoms with Gasteiger partial charge in [0.2, 0.25) is 5.91 Å². The van der Waals surface area contributed by atoms with Crippen LogP contribution in [0.3, 0.4) is 0 Å². The molecule has 0 N–H and O–H groups in total. The number of rotatable bonds is 1. The van der Waals surface area contributed by atoms with E-state index < -0.39 is 0 Å². The fourth-order valence-electron chi connectivity index (χ4n) is 1.81. The molecule has 0 aliphatic carbocycles. The second-order valence-electron chi connectivity index (χ2n) is 4.04. The van der Waals surface area contributed by atoms with Crippen molar-refractivity contribution in [1.29, 1.82) is 0 Å². The van der Waals surface area contributed by atoms with Gasteiger partial charge in [0.25, 0.3) is 0 Å². The van der Waals surface area contributed by atoms with Crippen molar-refractivity contribution < 1.29 is 4.79 Å². The summed E-state index contributed by atoms with van der Waals surface area (Å²) in [7, 11) is 0. The van der Waals surface area contributed by atoms with Crippen LogP contribution >= 0.6 is 0 Å². The Morgan fingerprint density at radius 2 is 2.15 bits per heavy atom. The zero-order chi connectivity index (χ0) is 9.42. The first-order valence-corrected chi connectivity index (χ1v) is 4.93. The first-order valence-electron chi connectivity index (χ1n) is 4.93. The summed E-state index contributed by atoms with van der Waals surface area (Å²) in [5, 5.41) is 0. The minimum atomic E-state index is 0.258. The lowest BCUT2D eigenvalue weighted by atomic mass is 10.1. The molecule has 2 heteroatoms. The highest BCUT2D eigenvalue weighted by molar-refractivity contribution is 5.81. The second kappa shape index (κ2) is 3.02. The van der Waals surface area contributed by atoms with Gasteiger partial charge in [0, 0.05) is 18.3 Å². The maximum Gasteiger partial charge on any atom is 0.230 e. The van der Waals surface area contributed by atoms with E-state index in [1.807, 2.05) is 10.8 Å². The Morgan fingerprint density at radius 3 is 2.77 bits per heavy atom. The van der Waals surface area contributed by atoms with Crippen LogP contribution in [-0.2, 0) is 6.42 Å². The second-order valence-corrected chi connectivity index (χ2v) is 4.04. The molecule has 2 nitrogen and oxygen atoms in total. The molecular weight excluding hydrogens is 162 g/mol. The first-order chi connectivity index (χ1) is 6.18. The Kier molecular flexibility index (Phi) is 1.98. The van der Waals surface area contributed by atoms with Crippen LogP contribution in [0.5, 0.6) is 0 Å². The lowest BCUT2D eigenvalue weighted by molar-refractivity contribution is 0.0884. The third-order valence-corrected chi connectivity index (χ3v) is 2.68. The Balaban J connectivity index is 2.42. The number of nitrogens with zero attached hydrogens (tertiary/aromatic N) is 1. The van der Waals surface area contributed by atoms with Crippen molar-refractivity contribution >= 4 is 5.91 Å². The highest BCUT2D eigenvalue weighted by Gasteiger charge is 2.17. The molecule has 70 valence electrons. The van der Waals surface area contributed by atoms with Crippen LogP contribution in [0.2, 0.25) is 0 Å². The topological polar surface area (TPSA) is 22.0 Å².